The maximum atomic E-state index is 12.0. The van der Waals surface area contributed by atoms with Crippen LogP contribution >= 0.6 is 11.6 Å². The van der Waals surface area contributed by atoms with Crippen LogP contribution in [0.1, 0.15) is 28.4 Å². The average molecular weight is 305 g/mol. The summed E-state index contributed by atoms with van der Waals surface area (Å²) in [5.74, 6) is -0.0210. The molecule has 1 N–H and O–H groups in total. The zero-order valence-corrected chi connectivity index (χ0v) is 13.0. The Morgan fingerprint density at radius 3 is 2.57 bits per heavy atom. The van der Waals surface area contributed by atoms with E-state index in [1.165, 1.54) is 0 Å². The number of ether oxygens (including phenoxy) is 1. The quantitative estimate of drug-likeness (QED) is 0.677. The molecule has 0 aliphatic rings. The number of pyridine rings is 1. The highest BCUT2D eigenvalue weighted by molar-refractivity contribution is 6.30. The molecule has 0 aliphatic carbocycles. The Labute approximate surface area is 129 Å². The van der Waals surface area contributed by atoms with E-state index < -0.39 is 5.97 Å². The minimum absolute atomic E-state index is 0.310. The minimum Gasteiger partial charge on any atom is -0.462 e. The number of halogens is 1. The van der Waals surface area contributed by atoms with Gasteiger partial charge in [0.1, 0.15) is 16.5 Å². The van der Waals surface area contributed by atoms with Crippen molar-refractivity contribution < 1.29 is 9.53 Å². The van der Waals surface area contributed by atoms with Crippen LogP contribution < -0.4 is 5.32 Å². The predicted molar refractivity (Wildman–Crippen MR) is 84.4 cm³/mol. The SMILES string of the molecule is CCOC(=O)c1cc(C)c(Cl)nc1Nc1ccc(C)cc1. The van der Waals surface area contributed by atoms with Crippen molar-refractivity contribution in [1.82, 2.24) is 4.98 Å². The molecule has 0 saturated heterocycles. The molecule has 110 valence electrons. The van der Waals surface area contributed by atoms with Gasteiger partial charge in [-0.25, -0.2) is 9.78 Å². The van der Waals surface area contributed by atoms with E-state index in [0.717, 1.165) is 16.8 Å². The number of esters is 1. The average Bonchev–Trinajstić information content (AvgIpc) is 2.45. The van der Waals surface area contributed by atoms with E-state index in [0.29, 0.717) is 23.1 Å². The second-order valence-corrected chi connectivity index (χ2v) is 5.06. The van der Waals surface area contributed by atoms with Crippen molar-refractivity contribution in [2.45, 2.75) is 20.8 Å². The van der Waals surface area contributed by atoms with Crippen LogP contribution in [0.3, 0.4) is 0 Å². The molecule has 0 spiro atoms. The Kier molecular flexibility index (Phi) is 4.81. The highest BCUT2D eigenvalue weighted by atomic mass is 35.5. The zero-order valence-electron chi connectivity index (χ0n) is 12.2. The first-order valence-electron chi connectivity index (χ1n) is 6.69. The number of carbonyl (C=O) groups excluding carboxylic acids is 1. The second kappa shape index (κ2) is 6.59. The Bertz CT molecular complexity index is 654. The fraction of sp³-hybridized carbons (Fsp3) is 0.250. The lowest BCUT2D eigenvalue weighted by Crippen LogP contribution is -2.10. The summed E-state index contributed by atoms with van der Waals surface area (Å²) in [6.45, 7) is 5.88. The molecular formula is C16H17ClN2O2. The third kappa shape index (κ3) is 3.73. The molecule has 5 heteroatoms. The molecule has 0 atom stereocenters. The van der Waals surface area contributed by atoms with E-state index in [9.17, 15) is 4.79 Å². The van der Waals surface area contributed by atoms with Gasteiger partial charge >= 0.3 is 5.97 Å². The predicted octanol–water partition coefficient (Wildman–Crippen LogP) is 4.27. The Morgan fingerprint density at radius 2 is 1.95 bits per heavy atom. The molecule has 2 rings (SSSR count). The van der Waals surface area contributed by atoms with Gasteiger partial charge in [0.2, 0.25) is 0 Å². The number of rotatable bonds is 4. The lowest BCUT2D eigenvalue weighted by Gasteiger charge is -2.12. The maximum absolute atomic E-state index is 12.0. The first-order chi connectivity index (χ1) is 10.0. The van der Waals surface area contributed by atoms with Crippen molar-refractivity contribution in [3.8, 4) is 0 Å². The number of benzene rings is 1. The van der Waals surface area contributed by atoms with Crippen LogP contribution in [-0.2, 0) is 4.74 Å². The van der Waals surface area contributed by atoms with Crippen molar-refractivity contribution in [1.29, 1.82) is 0 Å². The fourth-order valence-corrected chi connectivity index (χ4v) is 1.96. The number of aryl methyl sites for hydroxylation is 2. The molecule has 4 nitrogen and oxygen atoms in total. The minimum atomic E-state index is -0.417. The third-order valence-corrected chi connectivity index (χ3v) is 3.34. The van der Waals surface area contributed by atoms with Gasteiger partial charge in [-0.1, -0.05) is 29.3 Å². The standard InChI is InChI=1S/C16H17ClN2O2/c1-4-21-16(20)13-9-11(3)14(17)19-15(13)18-12-7-5-10(2)6-8-12/h5-9H,4H2,1-3H3,(H,18,19). The number of nitrogens with zero attached hydrogens (tertiary/aromatic N) is 1. The van der Waals surface area contributed by atoms with Gasteiger partial charge in [0, 0.05) is 5.69 Å². The van der Waals surface area contributed by atoms with Crippen LogP contribution in [0.15, 0.2) is 30.3 Å². The van der Waals surface area contributed by atoms with Crippen molar-refractivity contribution in [2.75, 3.05) is 11.9 Å². The van der Waals surface area contributed by atoms with Gasteiger partial charge in [0.15, 0.2) is 0 Å². The van der Waals surface area contributed by atoms with Crippen LogP contribution in [0.5, 0.6) is 0 Å². The van der Waals surface area contributed by atoms with Crippen LogP contribution in [0.2, 0.25) is 5.15 Å². The van der Waals surface area contributed by atoms with Gasteiger partial charge in [-0.05, 0) is 44.5 Å². The Hall–Kier alpha value is -2.07. The largest absolute Gasteiger partial charge is 0.462 e. The second-order valence-electron chi connectivity index (χ2n) is 4.70. The number of nitrogens with one attached hydrogen (secondary N) is 1. The lowest BCUT2D eigenvalue weighted by molar-refractivity contribution is 0.0527. The number of hydrogen-bond acceptors (Lipinski definition) is 4. The molecule has 0 saturated carbocycles. The van der Waals surface area contributed by atoms with Gasteiger partial charge in [0.05, 0.1) is 6.61 Å². The van der Waals surface area contributed by atoms with Gasteiger partial charge in [-0.3, -0.25) is 0 Å². The first-order valence-corrected chi connectivity index (χ1v) is 7.07. The molecule has 0 unspecified atom stereocenters. The van der Waals surface area contributed by atoms with E-state index in [4.69, 9.17) is 16.3 Å². The molecule has 1 aromatic heterocycles. The van der Waals surface area contributed by atoms with Crippen molar-refractivity contribution >= 4 is 29.1 Å². The van der Waals surface area contributed by atoms with Crippen LogP contribution in [0.25, 0.3) is 0 Å². The van der Waals surface area contributed by atoms with Gasteiger partial charge in [0.25, 0.3) is 0 Å². The first kappa shape index (κ1) is 15.3. The monoisotopic (exact) mass is 304 g/mol. The van der Waals surface area contributed by atoms with E-state index in [1.807, 2.05) is 31.2 Å². The summed E-state index contributed by atoms with van der Waals surface area (Å²) in [5, 5.41) is 3.47. The molecule has 0 fully saturated rings. The topological polar surface area (TPSA) is 51.2 Å². The van der Waals surface area contributed by atoms with E-state index in [1.54, 1.807) is 19.9 Å². The number of hydrogen-bond donors (Lipinski definition) is 1. The molecule has 0 amide bonds. The summed E-state index contributed by atoms with van der Waals surface area (Å²) in [7, 11) is 0. The van der Waals surface area contributed by atoms with Crippen LogP contribution in [0, 0.1) is 13.8 Å². The molecule has 0 bridgehead atoms. The molecular weight excluding hydrogens is 288 g/mol. The highest BCUT2D eigenvalue weighted by Gasteiger charge is 2.16. The molecule has 2 aromatic rings. The van der Waals surface area contributed by atoms with Crippen molar-refractivity contribution in [3.05, 3.63) is 52.2 Å². The normalized spacial score (nSPS) is 10.3. The van der Waals surface area contributed by atoms with Gasteiger partial charge < -0.3 is 10.1 Å². The lowest BCUT2D eigenvalue weighted by atomic mass is 10.2. The summed E-state index contributed by atoms with van der Waals surface area (Å²) < 4.78 is 5.06. The molecule has 1 aromatic carbocycles. The smallest absolute Gasteiger partial charge is 0.341 e. The van der Waals surface area contributed by atoms with E-state index in [-0.39, 0.29) is 0 Å². The number of aromatic nitrogens is 1. The summed E-state index contributed by atoms with van der Waals surface area (Å²) in [5.41, 5.74) is 3.09. The summed E-state index contributed by atoms with van der Waals surface area (Å²) in [4.78, 5) is 16.3. The fourth-order valence-electron chi connectivity index (χ4n) is 1.82. The highest BCUT2D eigenvalue weighted by Crippen LogP contribution is 2.25. The molecule has 0 aliphatic heterocycles. The van der Waals surface area contributed by atoms with Crippen LogP contribution in [0.4, 0.5) is 11.5 Å². The van der Waals surface area contributed by atoms with Crippen LogP contribution in [-0.4, -0.2) is 17.6 Å². The summed E-state index contributed by atoms with van der Waals surface area (Å²) in [6, 6.07) is 9.47. The van der Waals surface area contributed by atoms with E-state index >= 15 is 0 Å². The van der Waals surface area contributed by atoms with Crippen molar-refractivity contribution in [3.63, 3.8) is 0 Å². The Balaban J connectivity index is 2.38. The zero-order chi connectivity index (χ0) is 15.4. The molecule has 1 heterocycles. The van der Waals surface area contributed by atoms with Gasteiger partial charge in [-0.15, -0.1) is 0 Å². The van der Waals surface area contributed by atoms with Crippen molar-refractivity contribution in [2.24, 2.45) is 0 Å². The molecule has 0 radical (unpaired) electrons. The summed E-state index contributed by atoms with van der Waals surface area (Å²) in [6.07, 6.45) is 0. The van der Waals surface area contributed by atoms with Gasteiger partial charge in [-0.2, -0.15) is 0 Å². The molecule has 21 heavy (non-hydrogen) atoms. The number of anilines is 2. The number of carbonyl (C=O) groups is 1. The van der Waals surface area contributed by atoms with E-state index in [2.05, 4.69) is 10.3 Å². The maximum Gasteiger partial charge on any atom is 0.341 e. The summed E-state index contributed by atoms with van der Waals surface area (Å²) >= 11 is 6.06. The Morgan fingerprint density at radius 1 is 1.29 bits per heavy atom. The third-order valence-electron chi connectivity index (χ3n) is 2.96.